The Labute approximate surface area is 186 Å². The van der Waals surface area contributed by atoms with Gasteiger partial charge >= 0.3 is 0 Å². The summed E-state index contributed by atoms with van der Waals surface area (Å²) in [6.07, 6.45) is 10.1. The molecule has 4 rings (SSSR count). The predicted octanol–water partition coefficient (Wildman–Crippen LogP) is 3.92. The van der Waals surface area contributed by atoms with Crippen molar-refractivity contribution in [2.75, 3.05) is 6.54 Å². The van der Waals surface area contributed by atoms with Crippen LogP contribution in [0.5, 0.6) is 0 Å². The molecule has 0 unspecified atom stereocenters. The summed E-state index contributed by atoms with van der Waals surface area (Å²) in [5.41, 5.74) is 2.36. The van der Waals surface area contributed by atoms with Crippen molar-refractivity contribution in [3.05, 3.63) is 81.8 Å². The average molecular weight is 435 g/mol. The van der Waals surface area contributed by atoms with Crippen LogP contribution >= 0.6 is 0 Å². The molecule has 2 heterocycles. The van der Waals surface area contributed by atoms with E-state index in [0.29, 0.717) is 29.8 Å². The highest BCUT2D eigenvalue weighted by atomic mass is 19.1. The van der Waals surface area contributed by atoms with Crippen molar-refractivity contribution in [3.8, 4) is 0 Å². The summed E-state index contributed by atoms with van der Waals surface area (Å²) in [4.78, 5) is 34.3. The standard InChI is InChI=1S/C25H27FN4O2/c26-20-10-8-19(9-11-20)17-30-22(29-24-21(25(30)32)7-4-15-28-24)12-13-23(31)27-16-14-18-5-2-1-3-6-18/h4-5,7-11,15H,1-3,6,12-14,16-17H2,(H,27,31). The first-order valence-corrected chi connectivity index (χ1v) is 11.1. The number of hydrogen-bond acceptors (Lipinski definition) is 4. The molecule has 0 fully saturated rings. The number of carbonyl (C=O) groups is 1. The molecule has 32 heavy (non-hydrogen) atoms. The van der Waals surface area contributed by atoms with Crippen LogP contribution in [0.15, 0.2) is 59.0 Å². The third-order valence-electron chi connectivity index (χ3n) is 5.79. The first-order chi connectivity index (χ1) is 15.6. The highest BCUT2D eigenvalue weighted by Gasteiger charge is 2.14. The van der Waals surface area contributed by atoms with Crippen molar-refractivity contribution in [2.45, 2.75) is 51.5 Å². The molecule has 1 aliphatic rings. The number of nitrogens with one attached hydrogen (secondary N) is 1. The van der Waals surface area contributed by atoms with E-state index in [1.807, 2.05) is 0 Å². The van der Waals surface area contributed by atoms with E-state index in [9.17, 15) is 14.0 Å². The Morgan fingerprint density at radius 3 is 2.75 bits per heavy atom. The SMILES string of the molecule is O=C(CCc1nc2ncccc2c(=O)n1Cc1ccc(F)cc1)NCCC1=CCCCC1. The maximum atomic E-state index is 13.3. The number of amides is 1. The van der Waals surface area contributed by atoms with Gasteiger partial charge in [0.1, 0.15) is 11.6 Å². The van der Waals surface area contributed by atoms with Crippen LogP contribution in [-0.4, -0.2) is 27.0 Å². The van der Waals surface area contributed by atoms with E-state index in [1.165, 1.54) is 30.5 Å². The van der Waals surface area contributed by atoms with Gasteiger partial charge in [0.2, 0.25) is 5.91 Å². The van der Waals surface area contributed by atoms with Gasteiger partial charge in [0.05, 0.1) is 11.9 Å². The molecule has 0 spiro atoms. The Morgan fingerprint density at radius 2 is 1.97 bits per heavy atom. The van der Waals surface area contributed by atoms with E-state index < -0.39 is 0 Å². The Hall–Kier alpha value is -3.35. The average Bonchev–Trinajstić information content (AvgIpc) is 2.82. The summed E-state index contributed by atoms with van der Waals surface area (Å²) in [6.45, 7) is 0.877. The van der Waals surface area contributed by atoms with E-state index in [0.717, 1.165) is 24.8 Å². The third-order valence-corrected chi connectivity index (χ3v) is 5.79. The van der Waals surface area contributed by atoms with Crippen molar-refractivity contribution in [2.24, 2.45) is 0 Å². The quantitative estimate of drug-likeness (QED) is 0.545. The minimum Gasteiger partial charge on any atom is -0.356 e. The molecule has 0 saturated carbocycles. The van der Waals surface area contributed by atoms with Crippen molar-refractivity contribution in [1.82, 2.24) is 19.9 Å². The molecule has 0 radical (unpaired) electrons. The van der Waals surface area contributed by atoms with Crippen molar-refractivity contribution in [1.29, 1.82) is 0 Å². The summed E-state index contributed by atoms with van der Waals surface area (Å²) in [6, 6.07) is 9.41. The molecule has 0 atom stereocenters. The molecule has 166 valence electrons. The zero-order valence-electron chi connectivity index (χ0n) is 18.0. The minimum absolute atomic E-state index is 0.0647. The van der Waals surface area contributed by atoms with Gasteiger partial charge in [-0.05, 0) is 61.9 Å². The molecular formula is C25H27FN4O2. The fourth-order valence-corrected chi connectivity index (χ4v) is 4.03. The lowest BCUT2D eigenvalue weighted by Crippen LogP contribution is -2.29. The van der Waals surface area contributed by atoms with E-state index >= 15 is 0 Å². The van der Waals surface area contributed by atoms with Crippen LogP contribution in [-0.2, 0) is 17.8 Å². The third kappa shape index (κ3) is 5.46. The van der Waals surface area contributed by atoms with E-state index in [1.54, 1.807) is 35.0 Å². The Bertz CT molecular complexity index is 1180. The van der Waals surface area contributed by atoms with Gasteiger partial charge < -0.3 is 5.32 Å². The Balaban J connectivity index is 1.47. The van der Waals surface area contributed by atoms with Crippen molar-refractivity contribution in [3.63, 3.8) is 0 Å². The molecule has 7 heteroatoms. The molecule has 0 aliphatic heterocycles. The lowest BCUT2D eigenvalue weighted by Gasteiger charge is -2.14. The zero-order valence-corrected chi connectivity index (χ0v) is 18.0. The summed E-state index contributed by atoms with van der Waals surface area (Å²) in [5.74, 6) is 0.101. The number of aryl methyl sites for hydroxylation is 1. The largest absolute Gasteiger partial charge is 0.356 e. The van der Waals surface area contributed by atoms with Gasteiger partial charge in [-0.15, -0.1) is 0 Å². The summed E-state index contributed by atoms with van der Waals surface area (Å²) in [7, 11) is 0. The molecular weight excluding hydrogens is 407 g/mol. The zero-order chi connectivity index (χ0) is 22.3. The molecule has 1 aromatic carbocycles. The number of rotatable bonds is 8. The highest BCUT2D eigenvalue weighted by molar-refractivity contribution is 5.76. The number of carbonyl (C=O) groups excluding carboxylic acids is 1. The number of benzene rings is 1. The first-order valence-electron chi connectivity index (χ1n) is 11.1. The lowest BCUT2D eigenvalue weighted by molar-refractivity contribution is -0.121. The van der Waals surface area contributed by atoms with Crippen molar-refractivity contribution < 1.29 is 9.18 Å². The van der Waals surface area contributed by atoms with Crippen LogP contribution in [0.3, 0.4) is 0 Å². The van der Waals surface area contributed by atoms with Crippen LogP contribution in [0.2, 0.25) is 0 Å². The van der Waals surface area contributed by atoms with Gasteiger partial charge in [-0.2, -0.15) is 0 Å². The fraction of sp³-hybridized carbons (Fsp3) is 0.360. The number of allylic oxidation sites excluding steroid dienone is 1. The van der Waals surface area contributed by atoms with E-state index in [-0.39, 0.29) is 30.2 Å². The number of aromatic nitrogens is 3. The smallest absolute Gasteiger partial charge is 0.263 e. The maximum Gasteiger partial charge on any atom is 0.263 e. The highest BCUT2D eigenvalue weighted by Crippen LogP contribution is 2.19. The van der Waals surface area contributed by atoms with Crippen LogP contribution in [0, 0.1) is 5.82 Å². The fourth-order valence-electron chi connectivity index (χ4n) is 4.03. The predicted molar refractivity (Wildman–Crippen MR) is 122 cm³/mol. The molecule has 1 N–H and O–H groups in total. The number of halogens is 1. The van der Waals surface area contributed by atoms with Crippen LogP contribution in [0.1, 0.15) is 49.9 Å². The number of nitrogens with zero attached hydrogens (tertiary/aromatic N) is 3. The Morgan fingerprint density at radius 1 is 1.12 bits per heavy atom. The van der Waals surface area contributed by atoms with Crippen LogP contribution < -0.4 is 10.9 Å². The molecule has 0 saturated heterocycles. The molecule has 1 amide bonds. The molecule has 6 nitrogen and oxygen atoms in total. The first kappa shape index (κ1) is 21.9. The second-order valence-corrected chi connectivity index (χ2v) is 8.13. The number of pyridine rings is 1. The molecule has 2 aromatic heterocycles. The van der Waals surface area contributed by atoms with Crippen molar-refractivity contribution >= 4 is 16.9 Å². The second-order valence-electron chi connectivity index (χ2n) is 8.13. The molecule has 3 aromatic rings. The van der Waals surface area contributed by atoms with Gasteiger partial charge in [-0.1, -0.05) is 23.8 Å². The minimum atomic E-state index is -0.331. The van der Waals surface area contributed by atoms with Crippen LogP contribution in [0.4, 0.5) is 4.39 Å². The lowest BCUT2D eigenvalue weighted by atomic mass is 9.97. The van der Waals surface area contributed by atoms with E-state index in [4.69, 9.17) is 0 Å². The summed E-state index contributed by atoms with van der Waals surface area (Å²) >= 11 is 0. The van der Waals surface area contributed by atoms with Gasteiger partial charge in [-0.3, -0.25) is 14.2 Å². The second kappa shape index (κ2) is 10.3. The van der Waals surface area contributed by atoms with Gasteiger partial charge in [0, 0.05) is 25.6 Å². The number of hydrogen-bond donors (Lipinski definition) is 1. The van der Waals surface area contributed by atoms with Gasteiger partial charge in [0.15, 0.2) is 5.65 Å². The van der Waals surface area contributed by atoms with Crippen LogP contribution in [0.25, 0.3) is 11.0 Å². The normalized spacial score (nSPS) is 13.7. The van der Waals surface area contributed by atoms with E-state index in [2.05, 4.69) is 21.4 Å². The topological polar surface area (TPSA) is 76.9 Å². The summed E-state index contributed by atoms with van der Waals surface area (Å²) < 4.78 is 14.8. The monoisotopic (exact) mass is 434 g/mol. The molecule has 1 aliphatic carbocycles. The molecule has 0 bridgehead atoms. The Kier molecular flexibility index (Phi) is 7.04. The van der Waals surface area contributed by atoms with Gasteiger partial charge in [0.25, 0.3) is 5.56 Å². The van der Waals surface area contributed by atoms with Gasteiger partial charge in [-0.25, -0.2) is 14.4 Å². The summed E-state index contributed by atoms with van der Waals surface area (Å²) in [5, 5.41) is 3.40. The number of fused-ring (bicyclic) bond motifs is 1. The maximum absolute atomic E-state index is 13.3.